The highest BCUT2D eigenvalue weighted by molar-refractivity contribution is 7.98. The molecule has 0 radical (unpaired) electrons. The van der Waals surface area contributed by atoms with Crippen LogP contribution in [0.25, 0.3) is 10.9 Å². The number of fused-ring (bicyclic) bond motifs is 1. The Morgan fingerprint density at radius 1 is 1.32 bits per heavy atom. The molecule has 5 nitrogen and oxygen atoms in total. The average molecular weight is 417 g/mol. The highest BCUT2D eigenvalue weighted by atomic mass is 35.5. The van der Waals surface area contributed by atoms with Crippen LogP contribution in [-0.4, -0.2) is 29.4 Å². The number of halogens is 1. The fourth-order valence-corrected chi connectivity index (χ4v) is 4.57. The Morgan fingerprint density at radius 2 is 2.18 bits per heavy atom. The smallest absolute Gasteiger partial charge is 0.262 e. The molecule has 146 valence electrons. The monoisotopic (exact) mass is 416 g/mol. The van der Waals surface area contributed by atoms with E-state index in [2.05, 4.69) is 0 Å². The Morgan fingerprint density at radius 3 is 2.96 bits per heavy atom. The Bertz CT molecular complexity index is 1050. The van der Waals surface area contributed by atoms with Gasteiger partial charge in [0.25, 0.3) is 5.56 Å². The molecule has 2 aromatic carbocycles. The topological polar surface area (TPSA) is 53.3 Å². The van der Waals surface area contributed by atoms with Crippen molar-refractivity contribution >= 4 is 34.3 Å². The summed E-state index contributed by atoms with van der Waals surface area (Å²) in [5.74, 6) is 1.47. The van der Waals surface area contributed by atoms with E-state index in [0.717, 1.165) is 30.8 Å². The van der Waals surface area contributed by atoms with Crippen LogP contribution in [0.3, 0.4) is 0 Å². The number of ether oxygens (including phenoxy) is 2. The normalized spacial score (nSPS) is 16.6. The van der Waals surface area contributed by atoms with Gasteiger partial charge >= 0.3 is 0 Å². The van der Waals surface area contributed by atoms with Gasteiger partial charge in [0.1, 0.15) is 5.75 Å². The molecule has 0 amide bonds. The number of hydrogen-bond donors (Lipinski definition) is 0. The van der Waals surface area contributed by atoms with Gasteiger partial charge < -0.3 is 9.47 Å². The van der Waals surface area contributed by atoms with Gasteiger partial charge in [-0.1, -0.05) is 41.6 Å². The third-order valence-electron chi connectivity index (χ3n) is 4.84. The van der Waals surface area contributed by atoms with Crippen LogP contribution in [-0.2, 0) is 17.0 Å². The first-order valence-electron chi connectivity index (χ1n) is 9.22. The van der Waals surface area contributed by atoms with Crippen LogP contribution in [0, 0.1) is 0 Å². The van der Waals surface area contributed by atoms with E-state index in [1.54, 1.807) is 29.9 Å². The van der Waals surface area contributed by atoms with Gasteiger partial charge in [0.2, 0.25) is 0 Å². The van der Waals surface area contributed by atoms with E-state index in [1.165, 1.54) is 11.8 Å². The Hall–Kier alpha value is -2.02. The molecule has 0 unspecified atom stereocenters. The summed E-state index contributed by atoms with van der Waals surface area (Å²) in [7, 11) is 1.66. The van der Waals surface area contributed by atoms with Gasteiger partial charge in [-0.15, -0.1) is 0 Å². The minimum absolute atomic E-state index is 0.0508. The molecule has 1 aliphatic heterocycles. The van der Waals surface area contributed by atoms with E-state index in [4.69, 9.17) is 26.1 Å². The second-order valence-corrected chi connectivity index (χ2v) is 8.09. The summed E-state index contributed by atoms with van der Waals surface area (Å²) in [5, 5.41) is 1.81. The molecule has 2 heterocycles. The second kappa shape index (κ2) is 8.55. The van der Waals surface area contributed by atoms with E-state index in [0.29, 0.717) is 33.4 Å². The van der Waals surface area contributed by atoms with Crippen molar-refractivity contribution in [1.29, 1.82) is 0 Å². The number of rotatable bonds is 6. The first-order chi connectivity index (χ1) is 13.7. The quantitative estimate of drug-likeness (QED) is 0.436. The van der Waals surface area contributed by atoms with E-state index < -0.39 is 0 Å². The van der Waals surface area contributed by atoms with Crippen molar-refractivity contribution in [2.75, 3.05) is 13.7 Å². The van der Waals surface area contributed by atoms with E-state index in [-0.39, 0.29) is 11.7 Å². The fraction of sp³-hybridized carbons (Fsp3) is 0.333. The van der Waals surface area contributed by atoms with E-state index >= 15 is 0 Å². The largest absolute Gasteiger partial charge is 0.496 e. The lowest BCUT2D eigenvalue weighted by Gasteiger charge is -2.17. The molecule has 1 atom stereocenters. The number of thioether (sulfide) groups is 1. The van der Waals surface area contributed by atoms with Crippen LogP contribution >= 0.6 is 23.4 Å². The number of methoxy groups -OCH3 is 1. The van der Waals surface area contributed by atoms with Crippen molar-refractivity contribution < 1.29 is 9.47 Å². The number of benzene rings is 2. The lowest BCUT2D eigenvalue weighted by molar-refractivity contribution is 0.0937. The van der Waals surface area contributed by atoms with Crippen molar-refractivity contribution in [3.05, 3.63) is 63.4 Å². The molecule has 0 saturated carbocycles. The van der Waals surface area contributed by atoms with Crippen molar-refractivity contribution in [2.24, 2.45) is 0 Å². The molecule has 4 rings (SSSR count). The molecule has 1 aliphatic rings. The summed E-state index contributed by atoms with van der Waals surface area (Å²) in [4.78, 5) is 17.9. The van der Waals surface area contributed by atoms with Gasteiger partial charge in [0, 0.05) is 22.9 Å². The molecular formula is C21H21ClN2O3S. The van der Waals surface area contributed by atoms with Gasteiger partial charge in [0.15, 0.2) is 5.16 Å². The third kappa shape index (κ3) is 4.04. The molecule has 7 heteroatoms. The summed E-state index contributed by atoms with van der Waals surface area (Å²) in [6.45, 7) is 1.26. The van der Waals surface area contributed by atoms with Crippen LogP contribution < -0.4 is 10.3 Å². The summed E-state index contributed by atoms with van der Waals surface area (Å²) in [6.07, 6.45) is 2.04. The molecule has 28 heavy (non-hydrogen) atoms. The Kier molecular flexibility index (Phi) is 5.90. The minimum atomic E-state index is -0.0558. The predicted octanol–water partition coefficient (Wildman–Crippen LogP) is 4.53. The lowest BCUT2D eigenvalue weighted by Crippen LogP contribution is -2.28. The van der Waals surface area contributed by atoms with Gasteiger partial charge in [-0.2, -0.15) is 0 Å². The summed E-state index contributed by atoms with van der Waals surface area (Å²) in [5.41, 5.74) is 1.61. The molecule has 0 spiro atoms. The Balaban J connectivity index is 1.72. The standard InChI is InChI=1S/C21H21ClN2O3S/c1-26-19-7-3-2-5-14(19)13-28-21-23-18-11-15(22)8-9-17(18)20(25)24(21)12-16-6-4-10-27-16/h2-3,5,7-9,11,16H,4,6,10,12-13H2,1H3/t16-/m0/s1. The molecule has 1 saturated heterocycles. The molecule has 3 aromatic rings. The number of aromatic nitrogens is 2. The van der Waals surface area contributed by atoms with Crippen LogP contribution in [0.4, 0.5) is 0 Å². The van der Waals surface area contributed by atoms with Gasteiger partial charge in [-0.05, 0) is 37.1 Å². The lowest BCUT2D eigenvalue weighted by atomic mass is 10.2. The predicted molar refractivity (Wildman–Crippen MR) is 113 cm³/mol. The van der Waals surface area contributed by atoms with Crippen LogP contribution in [0.2, 0.25) is 5.02 Å². The summed E-state index contributed by atoms with van der Waals surface area (Å²) in [6, 6.07) is 13.1. The number of para-hydroxylation sites is 1. The van der Waals surface area contributed by atoms with Crippen LogP contribution in [0.1, 0.15) is 18.4 Å². The van der Waals surface area contributed by atoms with Gasteiger partial charge in [0.05, 0.1) is 30.7 Å². The molecule has 0 N–H and O–H groups in total. The maximum absolute atomic E-state index is 13.2. The molecular weight excluding hydrogens is 396 g/mol. The van der Waals surface area contributed by atoms with E-state index in [1.807, 2.05) is 24.3 Å². The average Bonchev–Trinajstić information content (AvgIpc) is 3.22. The molecule has 1 aromatic heterocycles. The van der Waals surface area contributed by atoms with Crippen molar-refractivity contribution in [1.82, 2.24) is 9.55 Å². The maximum atomic E-state index is 13.2. The second-order valence-electron chi connectivity index (χ2n) is 6.71. The zero-order valence-electron chi connectivity index (χ0n) is 15.6. The molecule has 0 bridgehead atoms. The van der Waals surface area contributed by atoms with Crippen LogP contribution in [0.5, 0.6) is 5.75 Å². The first kappa shape index (κ1) is 19.3. The van der Waals surface area contributed by atoms with Gasteiger partial charge in [-0.3, -0.25) is 9.36 Å². The van der Waals surface area contributed by atoms with Crippen molar-refractivity contribution in [2.45, 2.75) is 36.4 Å². The van der Waals surface area contributed by atoms with Crippen molar-refractivity contribution in [3.8, 4) is 5.75 Å². The zero-order chi connectivity index (χ0) is 19.5. The van der Waals surface area contributed by atoms with Crippen LogP contribution in [0.15, 0.2) is 52.4 Å². The van der Waals surface area contributed by atoms with Crippen molar-refractivity contribution in [3.63, 3.8) is 0 Å². The summed E-state index contributed by atoms with van der Waals surface area (Å²) >= 11 is 7.64. The molecule has 0 aliphatic carbocycles. The highest BCUT2D eigenvalue weighted by Crippen LogP contribution is 2.28. The minimum Gasteiger partial charge on any atom is -0.496 e. The number of nitrogens with zero attached hydrogens (tertiary/aromatic N) is 2. The zero-order valence-corrected chi connectivity index (χ0v) is 17.1. The summed E-state index contributed by atoms with van der Waals surface area (Å²) < 4.78 is 12.9. The first-order valence-corrected chi connectivity index (χ1v) is 10.6. The SMILES string of the molecule is COc1ccccc1CSc1nc2cc(Cl)ccc2c(=O)n1C[C@@H]1CCCO1. The Labute approximate surface area is 172 Å². The molecule has 1 fully saturated rings. The van der Waals surface area contributed by atoms with Gasteiger partial charge in [-0.25, -0.2) is 4.98 Å². The maximum Gasteiger partial charge on any atom is 0.262 e. The highest BCUT2D eigenvalue weighted by Gasteiger charge is 2.20. The van der Waals surface area contributed by atoms with E-state index in [9.17, 15) is 4.79 Å². The fourth-order valence-electron chi connectivity index (χ4n) is 3.40. The third-order valence-corrected chi connectivity index (χ3v) is 6.10. The number of hydrogen-bond acceptors (Lipinski definition) is 5.